The number of rotatable bonds is 3. The number of allylic oxidation sites excluding steroid dienone is 1. The molecule has 0 aromatic heterocycles. The van der Waals surface area contributed by atoms with Crippen molar-refractivity contribution in [2.45, 2.75) is 6.92 Å². The van der Waals surface area contributed by atoms with Gasteiger partial charge in [-0.15, -0.1) is 0 Å². The molecule has 13 heavy (non-hydrogen) atoms. The Balaban J connectivity index is 2.71. The number of hydrogen-bond acceptors (Lipinski definition) is 2. The van der Waals surface area contributed by atoms with Gasteiger partial charge in [-0.1, -0.05) is 41.6 Å². The van der Waals surface area contributed by atoms with E-state index in [9.17, 15) is 0 Å². The molecule has 1 aromatic carbocycles. The predicted molar refractivity (Wildman–Crippen MR) is 55.6 cm³/mol. The summed E-state index contributed by atoms with van der Waals surface area (Å²) >= 11 is 0. The van der Waals surface area contributed by atoms with Crippen molar-refractivity contribution in [1.82, 2.24) is 0 Å². The second kappa shape index (κ2) is 5.14. The quantitative estimate of drug-likeness (QED) is 0.511. The predicted octanol–water partition coefficient (Wildman–Crippen LogP) is 2.72. The van der Waals surface area contributed by atoms with Crippen LogP contribution < -0.4 is 0 Å². The highest BCUT2D eigenvalue weighted by Gasteiger charge is 1.86. The largest absolute Gasteiger partial charge is 0.399 e. The van der Waals surface area contributed by atoms with E-state index in [0.717, 1.165) is 5.57 Å². The molecule has 0 unspecified atom stereocenters. The van der Waals surface area contributed by atoms with E-state index < -0.39 is 0 Å². The highest BCUT2D eigenvalue weighted by molar-refractivity contribution is 5.84. The summed E-state index contributed by atoms with van der Waals surface area (Å²) in [4.78, 5) is 4.58. The van der Waals surface area contributed by atoms with Crippen molar-refractivity contribution in [3.63, 3.8) is 0 Å². The third kappa shape index (κ3) is 3.56. The van der Waals surface area contributed by atoms with Crippen LogP contribution >= 0.6 is 0 Å². The second-order valence-corrected chi connectivity index (χ2v) is 2.72. The van der Waals surface area contributed by atoms with E-state index in [1.807, 2.05) is 43.3 Å². The van der Waals surface area contributed by atoms with E-state index >= 15 is 0 Å². The molecule has 0 amide bonds. The van der Waals surface area contributed by atoms with E-state index in [4.69, 9.17) is 0 Å². The first-order valence-corrected chi connectivity index (χ1v) is 4.13. The maximum atomic E-state index is 4.58. The molecule has 68 valence electrons. The Morgan fingerprint density at radius 1 is 1.31 bits per heavy atom. The summed E-state index contributed by atoms with van der Waals surface area (Å²) in [6.07, 6.45) is 3.73. The van der Waals surface area contributed by atoms with Crippen LogP contribution in [0.4, 0.5) is 0 Å². The molecular formula is C11H13NO. The molecule has 0 heterocycles. The fourth-order valence-corrected chi connectivity index (χ4v) is 0.985. The molecule has 0 fully saturated rings. The molecule has 0 aliphatic rings. The first-order chi connectivity index (χ1) is 6.33. The SMILES string of the molecule is CO/N=C/C(C)=C/c1ccccc1. The van der Waals surface area contributed by atoms with Gasteiger partial charge in [0.2, 0.25) is 0 Å². The van der Waals surface area contributed by atoms with Crippen molar-refractivity contribution in [3.05, 3.63) is 41.5 Å². The van der Waals surface area contributed by atoms with Gasteiger partial charge in [0.15, 0.2) is 0 Å². The van der Waals surface area contributed by atoms with E-state index in [0.29, 0.717) is 0 Å². The molecule has 0 aliphatic carbocycles. The van der Waals surface area contributed by atoms with Crippen LogP contribution in [0, 0.1) is 0 Å². The van der Waals surface area contributed by atoms with Gasteiger partial charge in [0.1, 0.15) is 7.11 Å². The van der Waals surface area contributed by atoms with Crippen LogP contribution in [-0.4, -0.2) is 13.3 Å². The lowest BCUT2D eigenvalue weighted by Crippen LogP contribution is -1.79. The Bertz CT molecular complexity index is 301. The van der Waals surface area contributed by atoms with E-state index in [1.165, 1.54) is 12.7 Å². The molecule has 0 N–H and O–H groups in total. The maximum Gasteiger partial charge on any atom is 0.106 e. The van der Waals surface area contributed by atoms with Crippen molar-refractivity contribution in [2.75, 3.05) is 7.11 Å². The Hall–Kier alpha value is -1.57. The summed E-state index contributed by atoms with van der Waals surface area (Å²) in [5.41, 5.74) is 2.23. The second-order valence-electron chi connectivity index (χ2n) is 2.72. The molecule has 1 rings (SSSR count). The van der Waals surface area contributed by atoms with E-state index in [2.05, 4.69) is 9.99 Å². The van der Waals surface area contributed by atoms with Crippen molar-refractivity contribution in [1.29, 1.82) is 0 Å². The molecule has 2 heteroatoms. The van der Waals surface area contributed by atoms with Gasteiger partial charge in [-0.05, 0) is 18.1 Å². The van der Waals surface area contributed by atoms with Gasteiger partial charge in [-0.25, -0.2) is 0 Å². The monoisotopic (exact) mass is 175 g/mol. The van der Waals surface area contributed by atoms with Crippen molar-refractivity contribution < 1.29 is 4.84 Å². The number of benzene rings is 1. The molecule has 2 nitrogen and oxygen atoms in total. The standard InChI is InChI=1S/C11H13NO/c1-10(9-12-13-2)8-11-6-4-3-5-7-11/h3-9H,1-2H3/b10-8+,12-9+. The molecule has 0 aliphatic heterocycles. The minimum Gasteiger partial charge on any atom is -0.399 e. The van der Waals surface area contributed by atoms with Gasteiger partial charge >= 0.3 is 0 Å². The zero-order chi connectivity index (χ0) is 9.52. The van der Waals surface area contributed by atoms with Crippen LogP contribution in [0.25, 0.3) is 6.08 Å². The lowest BCUT2D eigenvalue weighted by molar-refractivity contribution is 0.215. The average Bonchev–Trinajstić information content (AvgIpc) is 2.16. The lowest BCUT2D eigenvalue weighted by Gasteiger charge is -1.93. The van der Waals surface area contributed by atoms with Gasteiger partial charge in [-0.2, -0.15) is 0 Å². The van der Waals surface area contributed by atoms with Crippen LogP contribution in [0.3, 0.4) is 0 Å². The van der Waals surface area contributed by atoms with Crippen molar-refractivity contribution in [3.8, 4) is 0 Å². The molecule has 0 spiro atoms. The van der Waals surface area contributed by atoms with E-state index in [-0.39, 0.29) is 0 Å². The summed E-state index contributed by atoms with van der Waals surface area (Å²) in [5, 5.41) is 3.67. The highest BCUT2D eigenvalue weighted by Crippen LogP contribution is 2.04. The molecular weight excluding hydrogens is 162 g/mol. The Labute approximate surface area is 78.5 Å². The number of nitrogens with zero attached hydrogens (tertiary/aromatic N) is 1. The zero-order valence-electron chi connectivity index (χ0n) is 7.90. The van der Waals surface area contributed by atoms with E-state index in [1.54, 1.807) is 6.21 Å². The fourth-order valence-electron chi connectivity index (χ4n) is 0.985. The maximum absolute atomic E-state index is 4.58. The first kappa shape index (κ1) is 9.52. The van der Waals surface area contributed by atoms with Gasteiger partial charge in [0.05, 0.1) is 6.21 Å². The lowest BCUT2D eigenvalue weighted by atomic mass is 10.1. The van der Waals surface area contributed by atoms with Crippen molar-refractivity contribution >= 4 is 12.3 Å². The number of oxime groups is 1. The fraction of sp³-hybridized carbons (Fsp3) is 0.182. The topological polar surface area (TPSA) is 21.6 Å². The average molecular weight is 175 g/mol. The molecule has 0 bridgehead atoms. The molecule has 0 atom stereocenters. The molecule has 0 saturated carbocycles. The molecule has 0 saturated heterocycles. The van der Waals surface area contributed by atoms with Gasteiger partial charge in [0, 0.05) is 0 Å². The van der Waals surface area contributed by atoms with Crippen LogP contribution in [-0.2, 0) is 4.84 Å². The summed E-state index contributed by atoms with van der Waals surface area (Å²) in [6.45, 7) is 1.98. The highest BCUT2D eigenvalue weighted by atomic mass is 16.6. The summed E-state index contributed by atoms with van der Waals surface area (Å²) in [6, 6.07) is 10.1. The van der Waals surface area contributed by atoms with Gasteiger partial charge in [0.25, 0.3) is 0 Å². The zero-order valence-corrected chi connectivity index (χ0v) is 7.90. The Morgan fingerprint density at radius 2 is 2.00 bits per heavy atom. The van der Waals surface area contributed by atoms with Gasteiger partial charge < -0.3 is 4.84 Å². The Kier molecular flexibility index (Phi) is 3.76. The summed E-state index contributed by atoms with van der Waals surface area (Å²) in [5.74, 6) is 0. The van der Waals surface area contributed by atoms with Gasteiger partial charge in [-0.3, -0.25) is 0 Å². The minimum absolute atomic E-state index is 1.06. The molecule has 0 radical (unpaired) electrons. The third-order valence-corrected chi connectivity index (χ3v) is 1.56. The third-order valence-electron chi connectivity index (χ3n) is 1.56. The number of hydrogen-bond donors (Lipinski definition) is 0. The first-order valence-electron chi connectivity index (χ1n) is 4.13. The Morgan fingerprint density at radius 3 is 2.62 bits per heavy atom. The minimum atomic E-state index is 1.06. The van der Waals surface area contributed by atoms with Crippen LogP contribution in [0.1, 0.15) is 12.5 Å². The van der Waals surface area contributed by atoms with Crippen LogP contribution in [0.5, 0.6) is 0 Å². The normalized spacial score (nSPS) is 12.0. The van der Waals surface area contributed by atoms with Crippen LogP contribution in [0.2, 0.25) is 0 Å². The van der Waals surface area contributed by atoms with Crippen LogP contribution in [0.15, 0.2) is 41.1 Å². The summed E-state index contributed by atoms with van der Waals surface area (Å²) < 4.78 is 0. The molecule has 1 aromatic rings. The van der Waals surface area contributed by atoms with Crippen molar-refractivity contribution in [2.24, 2.45) is 5.16 Å². The summed E-state index contributed by atoms with van der Waals surface area (Å²) in [7, 11) is 1.53. The smallest absolute Gasteiger partial charge is 0.106 e.